The lowest BCUT2D eigenvalue weighted by molar-refractivity contribution is 0.983. The van der Waals surface area contributed by atoms with Crippen molar-refractivity contribution in [2.45, 2.75) is 26.7 Å². The van der Waals surface area contributed by atoms with Gasteiger partial charge in [0.2, 0.25) is 0 Å². The molecule has 0 N–H and O–H groups in total. The van der Waals surface area contributed by atoms with Gasteiger partial charge in [0.25, 0.3) is 0 Å². The highest BCUT2D eigenvalue weighted by molar-refractivity contribution is 5.32. The predicted molar refractivity (Wildman–Crippen MR) is 50.8 cm³/mol. The van der Waals surface area contributed by atoms with Gasteiger partial charge in [-0.25, -0.2) is 0 Å². The van der Waals surface area contributed by atoms with Crippen molar-refractivity contribution < 1.29 is 0 Å². The van der Waals surface area contributed by atoms with Crippen molar-refractivity contribution in [3.05, 3.63) is 29.6 Å². The molecule has 0 spiro atoms. The maximum atomic E-state index is 4.16. The fraction of sp³-hybridized carbons (Fsp3) is 0.364. The van der Waals surface area contributed by atoms with E-state index < -0.39 is 0 Å². The summed E-state index contributed by atoms with van der Waals surface area (Å²) in [6.45, 7) is 4.10. The van der Waals surface area contributed by atoms with Crippen LogP contribution < -0.4 is 0 Å². The van der Waals surface area contributed by atoms with E-state index in [1.807, 2.05) is 25.3 Å². The van der Waals surface area contributed by atoms with Gasteiger partial charge in [0.15, 0.2) is 0 Å². The van der Waals surface area contributed by atoms with Gasteiger partial charge >= 0.3 is 0 Å². The third kappa shape index (κ3) is 2.75. The molecule has 0 bridgehead atoms. The van der Waals surface area contributed by atoms with E-state index >= 15 is 0 Å². The second kappa shape index (κ2) is 4.56. The smallest absolute Gasteiger partial charge is 0.0428 e. The van der Waals surface area contributed by atoms with Gasteiger partial charge in [-0.3, -0.25) is 4.98 Å². The van der Waals surface area contributed by atoms with Crippen molar-refractivity contribution >= 4 is 0 Å². The Labute approximate surface area is 73.8 Å². The molecule has 62 valence electrons. The van der Waals surface area contributed by atoms with Gasteiger partial charge in [-0.2, -0.15) is 0 Å². The summed E-state index contributed by atoms with van der Waals surface area (Å²) in [6, 6.07) is 3.99. The molecule has 0 aliphatic rings. The molecule has 0 unspecified atom stereocenters. The first kappa shape index (κ1) is 8.80. The summed E-state index contributed by atoms with van der Waals surface area (Å²) in [5.41, 5.74) is 2.05. The first-order valence-electron chi connectivity index (χ1n) is 4.24. The van der Waals surface area contributed by atoms with E-state index in [9.17, 15) is 0 Å². The van der Waals surface area contributed by atoms with Crippen LogP contribution in [-0.2, 0) is 0 Å². The molecule has 0 aliphatic carbocycles. The van der Waals surface area contributed by atoms with Gasteiger partial charge in [-0.1, -0.05) is 18.8 Å². The second-order valence-electron chi connectivity index (χ2n) is 2.74. The average Bonchev–Trinajstić information content (AvgIpc) is 2.09. The van der Waals surface area contributed by atoms with E-state index in [0.717, 1.165) is 24.1 Å². The highest BCUT2D eigenvalue weighted by Gasteiger charge is 1.85. The van der Waals surface area contributed by atoms with Crippen molar-refractivity contribution in [2.75, 3.05) is 0 Å². The van der Waals surface area contributed by atoms with Crippen LogP contribution >= 0.6 is 0 Å². The summed E-state index contributed by atoms with van der Waals surface area (Å²) < 4.78 is 0. The third-order valence-electron chi connectivity index (χ3n) is 1.52. The van der Waals surface area contributed by atoms with E-state index in [2.05, 4.69) is 23.7 Å². The highest BCUT2D eigenvalue weighted by Crippen LogP contribution is 1.96. The van der Waals surface area contributed by atoms with E-state index in [-0.39, 0.29) is 0 Å². The molecule has 0 aliphatic heterocycles. The standard InChI is InChI=1S/C11H13N/c1-3-4-5-6-11-8-7-10(2)12-9-11/h7-9H,3-4H2,1-2H3. The average molecular weight is 159 g/mol. The summed E-state index contributed by atoms with van der Waals surface area (Å²) in [5, 5.41) is 0. The van der Waals surface area contributed by atoms with E-state index in [1.165, 1.54) is 0 Å². The SMILES string of the molecule is CCCC#Cc1ccc(C)nc1. The third-order valence-corrected chi connectivity index (χ3v) is 1.52. The predicted octanol–water partition coefficient (Wildman–Crippen LogP) is 2.54. The minimum absolute atomic E-state index is 0.966. The molecular formula is C11H13N. The van der Waals surface area contributed by atoms with Crippen LogP contribution in [0.15, 0.2) is 18.3 Å². The van der Waals surface area contributed by atoms with Gasteiger partial charge in [0.1, 0.15) is 0 Å². The topological polar surface area (TPSA) is 12.9 Å². The zero-order valence-corrected chi connectivity index (χ0v) is 7.59. The zero-order chi connectivity index (χ0) is 8.81. The summed E-state index contributed by atoms with van der Waals surface area (Å²) in [4.78, 5) is 4.16. The number of hydrogen-bond acceptors (Lipinski definition) is 1. The van der Waals surface area contributed by atoms with Crippen molar-refractivity contribution in [3.63, 3.8) is 0 Å². The summed E-state index contributed by atoms with van der Waals surface area (Å²) in [5.74, 6) is 6.14. The molecule has 0 amide bonds. The first-order chi connectivity index (χ1) is 5.83. The molecule has 1 rings (SSSR count). The monoisotopic (exact) mass is 159 g/mol. The molecule has 1 aromatic rings. The van der Waals surface area contributed by atoms with Crippen LogP contribution in [-0.4, -0.2) is 4.98 Å². The lowest BCUT2D eigenvalue weighted by Gasteiger charge is -1.90. The number of nitrogens with zero attached hydrogens (tertiary/aromatic N) is 1. The van der Waals surface area contributed by atoms with Crippen LogP contribution in [0, 0.1) is 18.8 Å². The van der Waals surface area contributed by atoms with E-state index in [4.69, 9.17) is 0 Å². The molecule has 0 radical (unpaired) electrons. The van der Waals surface area contributed by atoms with Crippen LogP contribution in [0.5, 0.6) is 0 Å². The normalized spacial score (nSPS) is 8.83. The molecule has 1 nitrogen and oxygen atoms in total. The quantitative estimate of drug-likeness (QED) is 0.574. The van der Waals surface area contributed by atoms with Crippen LogP contribution in [0.3, 0.4) is 0 Å². The highest BCUT2D eigenvalue weighted by atomic mass is 14.6. The summed E-state index contributed by atoms with van der Waals surface area (Å²) >= 11 is 0. The zero-order valence-electron chi connectivity index (χ0n) is 7.59. The first-order valence-corrected chi connectivity index (χ1v) is 4.24. The Morgan fingerprint density at radius 3 is 2.83 bits per heavy atom. The molecule has 1 aromatic heterocycles. The van der Waals surface area contributed by atoms with Crippen LogP contribution in [0.25, 0.3) is 0 Å². The number of aryl methyl sites for hydroxylation is 1. The molecule has 0 fully saturated rings. The van der Waals surface area contributed by atoms with E-state index in [0.29, 0.717) is 0 Å². The van der Waals surface area contributed by atoms with Gasteiger partial charge in [0, 0.05) is 23.9 Å². The molecule has 0 saturated carbocycles. The van der Waals surface area contributed by atoms with E-state index in [1.54, 1.807) is 0 Å². The molecule has 1 heteroatoms. The molecule has 0 atom stereocenters. The van der Waals surface area contributed by atoms with Gasteiger partial charge in [-0.15, -0.1) is 0 Å². The number of pyridine rings is 1. The second-order valence-corrected chi connectivity index (χ2v) is 2.74. The van der Waals surface area contributed by atoms with Gasteiger partial charge < -0.3 is 0 Å². The summed E-state index contributed by atoms with van der Waals surface area (Å²) in [6.07, 6.45) is 3.90. The molecule has 0 aromatic carbocycles. The Hall–Kier alpha value is -1.29. The Bertz CT molecular complexity index is 287. The lowest BCUT2D eigenvalue weighted by atomic mass is 10.2. The number of unbranched alkanes of at least 4 members (excludes halogenated alkanes) is 1. The van der Waals surface area contributed by atoms with Crippen molar-refractivity contribution in [3.8, 4) is 11.8 Å². The lowest BCUT2D eigenvalue weighted by Crippen LogP contribution is -1.80. The molecular weight excluding hydrogens is 146 g/mol. The summed E-state index contributed by atoms with van der Waals surface area (Å²) in [7, 11) is 0. The molecule has 12 heavy (non-hydrogen) atoms. The minimum atomic E-state index is 0.966. The van der Waals surface area contributed by atoms with Crippen molar-refractivity contribution in [1.82, 2.24) is 4.98 Å². The Morgan fingerprint density at radius 1 is 1.42 bits per heavy atom. The van der Waals surface area contributed by atoms with Crippen molar-refractivity contribution in [1.29, 1.82) is 0 Å². The largest absolute Gasteiger partial charge is 0.260 e. The maximum absolute atomic E-state index is 4.16. The van der Waals surface area contributed by atoms with Gasteiger partial charge in [0.05, 0.1) is 0 Å². The minimum Gasteiger partial charge on any atom is -0.260 e. The number of hydrogen-bond donors (Lipinski definition) is 0. The molecule has 0 saturated heterocycles. The number of aromatic nitrogens is 1. The van der Waals surface area contributed by atoms with Crippen molar-refractivity contribution in [2.24, 2.45) is 0 Å². The maximum Gasteiger partial charge on any atom is 0.0428 e. The Balaban J connectivity index is 2.66. The molecule has 1 heterocycles. The Morgan fingerprint density at radius 2 is 2.25 bits per heavy atom. The number of rotatable bonds is 1. The van der Waals surface area contributed by atoms with Gasteiger partial charge in [-0.05, 0) is 25.5 Å². The van der Waals surface area contributed by atoms with Crippen LogP contribution in [0.1, 0.15) is 31.0 Å². The Kier molecular flexibility index (Phi) is 3.35. The van der Waals surface area contributed by atoms with Crippen LogP contribution in [0.4, 0.5) is 0 Å². The van der Waals surface area contributed by atoms with Crippen LogP contribution in [0.2, 0.25) is 0 Å². The fourth-order valence-corrected chi connectivity index (χ4v) is 0.831. The fourth-order valence-electron chi connectivity index (χ4n) is 0.831.